The summed E-state index contributed by atoms with van der Waals surface area (Å²) in [7, 11) is 0. The van der Waals surface area contributed by atoms with Crippen LogP contribution in [0.1, 0.15) is 16.8 Å². The van der Waals surface area contributed by atoms with E-state index in [0.29, 0.717) is 5.56 Å². The smallest absolute Gasteiger partial charge is 0.326 e. The fraction of sp³-hybridized carbons (Fsp3) is 0.400. The van der Waals surface area contributed by atoms with Gasteiger partial charge in [0.05, 0.1) is 13.1 Å². The number of carboxylic acids is 1. The molecule has 0 radical (unpaired) electrons. The lowest BCUT2D eigenvalue weighted by Gasteiger charge is -2.20. The molecule has 0 aliphatic carbocycles. The van der Waals surface area contributed by atoms with Gasteiger partial charge in [0.15, 0.2) is 5.78 Å². The summed E-state index contributed by atoms with van der Waals surface area (Å²) < 4.78 is 0. The minimum atomic E-state index is -1.06. The fourth-order valence-electron chi connectivity index (χ4n) is 2.57. The number of Topliss-reactive ketones (excluding diaryl/α,β-unsaturated/α-hetero) is 1. The summed E-state index contributed by atoms with van der Waals surface area (Å²) >= 11 is 0. The van der Waals surface area contributed by atoms with E-state index in [-0.39, 0.29) is 37.9 Å². The second-order valence-electron chi connectivity index (χ2n) is 5.21. The van der Waals surface area contributed by atoms with Gasteiger partial charge in [0.25, 0.3) is 0 Å². The Kier molecular flexibility index (Phi) is 5.24. The molecule has 1 aliphatic rings. The van der Waals surface area contributed by atoms with Crippen molar-refractivity contribution < 1.29 is 19.5 Å². The number of carbonyl (C=O) groups excluding carboxylic acids is 2. The van der Waals surface area contributed by atoms with Crippen molar-refractivity contribution in [1.82, 2.24) is 10.2 Å². The van der Waals surface area contributed by atoms with Gasteiger partial charge in [-0.05, 0) is 6.42 Å². The van der Waals surface area contributed by atoms with Gasteiger partial charge in [-0.2, -0.15) is 0 Å². The van der Waals surface area contributed by atoms with E-state index >= 15 is 0 Å². The van der Waals surface area contributed by atoms with E-state index in [1.165, 1.54) is 4.90 Å². The van der Waals surface area contributed by atoms with Crippen LogP contribution in [0.15, 0.2) is 30.3 Å². The minimum Gasteiger partial charge on any atom is -0.480 e. The van der Waals surface area contributed by atoms with Crippen molar-refractivity contribution in [2.24, 2.45) is 5.73 Å². The predicted molar refractivity (Wildman–Crippen MR) is 79.4 cm³/mol. The first-order chi connectivity index (χ1) is 10.5. The highest BCUT2D eigenvalue weighted by atomic mass is 16.4. The van der Waals surface area contributed by atoms with Crippen molar-refractivity contribution in [3.05, 3.63) is 35.9 Å². The molecule has 1 fully saturated rings. The molecular weight excluding hydrogens is 286 g/mol. The van der Waals surface area contributed by atoms with Crippen LogP contribution >= 0.6 is 0 Å². The number of ketones is 1. The number of aliphatic carboxylic acids is 1. The van der Waals surface area contributed by atoms with Gasteiger partial charge in [-0.1, -0.05) is 30.3 Å². The minimum absolute atomic E-state index is 0.0731. The Labute approximate surface area is 128 Å². The van der Waals surface area contributed by atoms with Crippen LogP contribution < -0.4 is 11.1 Å². The van der Waals surface area contributed by atoms with Gasteiger partial charge in [-0.25, -0.2) is 4.79 Å². The van der Waals surface area contributed by atoms with Crippen LogP contribution in [0.2, 0.25) is 0 Å². The number of nitrogens with one attached hydrogen (secondary N) is 1. The monoisotopic (exact) mass is 305 g/mol. The average molecular weight is 305 g/mol. The number of carbonyl (C=O) groups is 3. The van der Waals surface area contributed by atoms with Gasteiger partial charge < -0.3 is 21.1 Å². The molecule has 2 atom stereocenters. The predicted octanol–water partition coefficient (Wildman–Crippen LogP) is -0.528. The van der Waals surface area contributed by atoms with Gasteiger partial charge in [0.2, 0.25) is 5.91 Å². The lowest BCUT2D eigenvalue weighted by molar-refractivity contribution is -0.147. The Balaban J connectivity index is 1.93. The van der Waals surface area contributed by atoms with Crippen LogP contribution in [0.25, 0.3) is 0 Å². The molecule has 4 N–H and O–H groups in total. The summed E-state index contributed by atoms with van der Waals surface area (Å²) in [5.41, 5.74) is 5.89. The van der Waals surface area contributed by atoms with E-state index in [9.17, 15) is 19.5 Å². The summed E-state index contributed by atoms with van der Waals surface area (Å²) in [6.07, 6.45) is 0.267. The molecule has 1 aromatic rings. The number of amides is 1. The third-order valence-electron chi connectivity index (χ3n) is 3.73. The van der Waals surface area contributed by atoms with E-state index in [0.717, 1.165) is 0 Å². The number of hydrogen-bond acceptors (Lipinski definition) is 5. The second kappa shape index (κ2) is 7.15. The van der Waals surface area contributed by atoms with E-state index in [4.69, 9.17) is 5.73 Å². The van der Waals surface area contributed by atoms with Crippen LogP contribution in [-0.4, -0.2) is 59.4 Å². The molecule has 7 heteroatoms. The number of nitrogens with two attached hydrogens (primary N) is 1. The molecule has 0 bridgehead atoms. The second-order valence-corrected chi connectivity index (χ2v) is 5.21. The Morgan fingerprint density at radius 2 is 1.95 bits per heavy atom. The molecule has 2 unspecified atom stereocenters. The van der Waals surface area contributed by atoms with Crippen LogP contribution in [-0.2, 0) is 9.59 Å². The summed E-state index contributed by atoms with van der Waals surface area (Å²) in [4.78, 5) is 36.2. The van der Waals surface area contributed by atoms with Gasteiger partial charge >= 0.3 is 5.97 Å². The molecule has 1 amide bonds. The molecule has 1 aliphatic heterocycles. The summed E-state index contributed by atoms with van der Waals surface area (Å²) in [6, 6.07) is 7.72. The maximum Gasteiger partial charge on any atom is 0.326 e. The van der Waals surface area contributed by atoms with Crippen LogP contribution in [0.4, 0.5) is 0 Å². The van der Waals surface area contributed by atoms with E-state index in [1.807, 2.05) is 6.07 Å². The van der Waals surface area contributed by atoms with Crippen LogP contribution in [0.3, 0.4) is 0 Å². The van der Waals surface area contributed by atoms with Crippen molar-refractivity contribution in [1.29, 1.82) is 0 Å². The quantitative estimate of drug-likeness (QED) is 0.609. The van der Waals surface area contributed by atoms with Crippen molar-refractivity contribution in [2.45, 2.75) is 18.5 Å². The zero-order chi connectivity index (χ0) is 16.1. The summed E-state index contributed by atoms with van der Waals surface area (Å²) in [5, 5.41) is 12.2. The Morgan fingerprint density at radius 3 is 2.55 bits per heavy atom. The number of carboxylic acid groups (broad SMARTS) is 1. The molecule has 0 saturated carbocycles. The fourth-order valence-corrected chi connectivity index (χ4v) is 2.57. The largest absolute Gasteiger partial charge is 0.480 e. The van der Waals surface area contributed by atoms with E-state index in [1.54, 1.807) is 24.3 Å². The number of nitrogens with zero attached hydrogens (tertiary/aromatic N) is 1. The maximum atomic E-state index is 12.0. The van der Waals surface area contributed by atoms with Crippen molar-refractivity contribution in [3.8, 4) is 0 Å². The van der Waals surface area contributed by atoms with E-state index in [2.05, 4.69) is 5.32 Å². The first-order valence-electron chi connectivity index (χ1n) is 7.07. The zero-order valence-corrected chi connectivity index (χ0v) is 12.1. The van der Waals surface area contributed by atoms with Crippen molar-refractivity contribution in [2.75, 3.05) is 19.6 Å². The molecule has 1 heterocycles. The standard InChI is InChI=1S/C15H19N3O4/c16-7-14(20)18-9-11(6-12(18)15(21)22)17-8-13(19)10-4-2-1-3-5-10/h1-5,11-12,17H,6-9,16H2,(H,21,22). The van der Waals surface area contributed by atoms with Gasteiger partial charge in [-0.3, -0.25) is 9.59 Å². The van der Waals surface area contributed by atoms with Gasteiger partial charge in [0.1, 0.15) is 6.04 Å². The molecule has 1 saturated heterocycles. The number of likely N-dealkylation sites (tertiary alicyclic amines) is 1. The third kappa shape index (κ3) is 3.69. The van der Waals surface area contributed by atoms with Crippen LogP contribution in [0.5, 0.6) is 0 Å². The van der Waals surface area contributed by atoms with Crippen molar-refractivity contribution >= 4 is 17.7 Å². The Hall–Kier alpha value is -2.25. The molecule has 22 heavy (non-hydrogen) atoms. The topological polar surface area (TPSA) is 113 Å². The zero-order valence-electron chi connectivity index (χ0n) is 12.1. The normalized spacial score (nSPS) is 20.9. The first kappa shape index (κ1) is 16.1. The summed E-state index contributed by atoms with van der Waals surface area (Å²) in [6.45, 7) is 0.125. The molecule has 118 valence electrons. The first-order valence-corrected chi connectivity index (χ1v) is 7.07. The molecule has 0 spiro atoms. The maximum absolute atomic E-state index is 12.0. The highest BCUT2D eigenvalue weighted by molar-refractivity contribution is 5.97. The van der Waals surface area contributed by atoms with Crippen molar-refractivity contribution in [3.63, 3.8) is 0 Å². The van der Waals surface area contributed by atoms with Crippen LogP contribution in [0, 0.1) is 0 Å². The lowest BCUT2D eigenvalue weighted by atomic mass is 10.1. The SMILES string of the molecule is NCC(=O)N1CC(NCC(=O)c2ccccc2)CC1C(=O)O. The molecular formula is C15H19N3O4. The molecule has 0 aromatic heterocycles. The van der Waals surface area contributed by atoms with Gasteiger partial charge in [-0.15, -0.1) is 0 Å². The highest BCUT2D eigenvalue weighted by Crippen LogP contribution is 2.18. The highest BCUT2D eigenvalue weighted by Gasteiger charge is 2.38. The number of rotatable bonds is 6. The summed E-state index contributed by atoms with van der Waals surface area (Å²) in [5.74, 6) is -1.53. The van der Waals surface area contributed by atoms with E-state index < -0.39 is 17.9 Å². The lowest BCUT2D eigenvalue weighted by Crippen LogP contribution is -2.44. The Morgan fingerprint density at radius 1 is 1.27 bits per heavy atom. The average Bonchev–Trinajstić information content (AvgIpc) is 2.97. The molecule has 1 aromatic carbocycles. The third-order valence-corrected chi connectivity index (χ3v) is 3.73. The Bertz CT molecular complexity index is 561. The number of benzene rings is 1. The number of hydrogen-bond donors (Lipinski definition) is 3. The molecule has 2 rings (SSSR count). The van der Waals surface area contributed by atoms with Gasteiger partial charge in [0, 0.05) is 18.2 Å². The molecule has 7 nitrogen and oxygen atoms in total.